The summed E-state index contributed by atoms with van der Waals surface area (Å²) in [5, 5.41) is 13.2. The van der Waals surface area contributed by atoms with Gasteiger partial charge in [-0.3, -0.25) is 19.8 Å². The Morgan fingerprint density at radius 2 is 2.03 bits per heavy atom. The van der Waals surface area contributed by atoms with Crippen molar-refractivity contribution in [3.8, 4) is 5.75 Å². The Labute approximate surface area is 196 Å². The van der Waals surface area contributed by atoms with Crippen LogP contribution in [0.15, 0.2) is 53.3 Å². The number of benzene rings is 1. The molecule has 0 aliphatic carbocycles. The Bertz CT molecular complexity index is 1100. The first-order valence-corrected chi connectivity index (χ1v) is 12.5. The molecule has 1 aliphatic rings. The van der Waals surface area contributed by atoms with Crippen molar-refractivity contribution in [3.05, 3.63) is 63.4 Å². The lowest BCUT2D eigenvalue weighted by Gasteiger charge is -2.34. The molecule has 1 aromatic heterocycles. The van der Waals surface area contributed by atoms with Crippen molar-refractivity contribution in [2.75, 3.05) is 46.4 Å². The van der Waals surface area contributed by atoms with Gasteiger partial charge in [0.1, 0.15) is 0 Å². The van der Waals surface area contributed by atoms with E-state index in [2.05, 4.69) is 6.58 Å². The fourth-order valence-corrected chi connectivity index (χ4v) is 5.70. The Balaban J connectivity index is 1.62. The first kappa shape index (κ1) is 24.8. The van der Waals surface area contributed by atoms with Crippen LogP contribution in [0.25, 0.3) is 0 Å². The maximum atomic E-state index is 13.0. The molecule has 1 fully saturated rings. The summed E-state index contributed by atoms with van der Waals surface area (Å²) < 4.78 is 32.3. The molecule has 0 atom stereocenters. The zero-order valence-electron chi connectivity index (χ0n) is 18.3. The van der Waals surface area contributed by atoms with Crippen molar-refractivity contribution < 1.29 is 22.9 Å². The molecule has 2 heterocycles. The number of carbonyl (C=O) groups is 1. The van der Waals surface area contributed by atoms with Crippen molar-refractivity contribution in [1.29, 1.82) is 0 Å². The van der Waals surface area contributed by atoms with E-state index in [1.54, 1.807) is 22.3 Å². The predicted octanol–water partition coefficient (Wildman–Crippen LogP) is 2.19. The van der Waals surface area contributed by atoms with E-state index in [-0.39, 0.29) is 36.2 Å². The lowest BCUT2D eigenvalue weighted by atomic mass is 10.3. The molecule has 0 unspecified atom stereocenters. The molecular weight excluding hydrogens is 468 g/mol. The third-order valence-corrected chi connectivity index (χ3v) is 8.06. The summed E-state index contributed by atoms with van der Waals surface area (Å²) in [6.07, 6.45) is 1.68. The fraction of sp³-hybridized carbons (Fsp3) is 0.381. The minimum Gasteiger partial charge on any atom is -0.490 e. The third kappa shape index (κ3) is 5.96. The Morgan fingerprint density at radius 3 is 2.61 bits per heavy atom. The number of nitro groups is 1. The summed E-state index contributed by atoms with van der Waals surface area (Å²) in [4.78, 5) is 28.0. The van der Waals surface area contributed by atoms with E-state index in [1.165, 1.54) is 23.5 Å². The first-order valence-electron chi connectivity index (χ1n) is 10.2. The molecule has 0 radical (unpaired) electrons. The van der Waals surface area contributed by atoms with Gasteiger partial charge in [-0.05, 0) is 23.6 Å². The van der Waals surface area contributed by atoms with Crippen molar-refractivity contribution >= 4 is 33.0 Å². The number of nitro benzene ring substituents is 1. The van der Waals surface area contributed by atoms with Crippen molar-refractivity contribution in [3.63, 3.8) is 0 Å². The summed E-state index contributed by atoms with van der Waals surface area (Å²) in [5.74, 6) is -0.0562. The number of piperazine rings is 1. The summed E-state index contributed by atoms with van der Waals surface area (Å²) >= 11 is 1.58. The van der Waals surface area contributed by atoms with Crippen LogP contribution >= 0.6 is 11.3 Å². The van der Waals surface area contributed by atoms with E-state index in [1.807, 2.05) is 22.4 Å². The molecule has 0 bridgehead atoms. The zero-order chi connectivity index (χ0) is 24.0. The lowest BCUT2D eigenvalue weighted by Crippen LogP contribution is -2.51. The molecule has 10 nitrogen and oxygen atoms in total. The molecule has 1 aliphatic heterocycles. The number of thiophene rings is 1. The van der Waals surface area contributed by atoms with Crippen LogP contribution in [-0.2, 0) is 21.4 Å². The van der Waals surface area contributed by atoms with Crippen LogP contribution in [0.1, 0.15) is 4.88 Å². The van der Waals surface area contributed by atoms with Gasteiger partial charge in [0, 0.05) is 43.7 Å². The van der Waals surface area contributed by atoms with Crippen molar-refractivity contribution in [2.24, 2.45) is 0 Å². The quantitative estimate of drug-likeness (QED) is 0.283. The normalized spacial score (nSPS) is 15.2. The molecule has 3 rings (SSSR count). The first-order chi connectivity index (χ1) is 15.8. The van der Waals surface area contributed by atoms with E-state index in [0.717, 1.165) is 10.9 Å². The molecule has 1 saturated heterocycles. The minimum absolute atomic E-state index is 0.00564. The monoisotopic (exact) mass is 494 g/mol. The van der Waals surface area contributed by atoms with Crippen LogP contribution in [0.4, 0.5) is 5.69 Å². The number of nitrogens with zero attached hydrogens (tertiary/aromatic N) is 4. The number of rotatable bonds is 10. The summed E-state index contributed by atoms with van der Waals surface area (Å²) in [6.45, 7) is 5.97. The highest BCUT2D eigenvalue weighted by atomic mass is 32.2. The molecule has 1 amide bonds. The second-order valence-electron chi connectivity index (χ2n) is 7.41. The fourth-order valence-electron chi connectivity index (χ4n) is 3.54. The van der Waals surface area contributed by atoms with Gasteiger partial charge in [-0.15, -0.1) is 17.9 Å². The molecular formula is C21H26N4O6S2. The average molecular weight is 495 g/mol. The number of sulfonamides is 1. The topological polar surface area (TPSA) is 113 Å². The van der Waals surface area contributed by atoms with Gasteiger partial charge in [-0.1, -0.05) is 12.1 Å². The molecule has 2 aromatic rings. The van der Waals surface area contributed by atoms with Gasteiger partial charge in [-0.2, -0.15) is 4.31 Å². The number of carbonyl (C=O) groups excluding carboxylic acids is 1. The van der Waals surface area contributed by atoms with Gasteiger partial charge in [0.25, 0.3) is 0 Å². The Kier molecular flexibility index (Phi) is 8.19. The Hall–Kier alpha value is -2.80. The van der Waals surface area contributed by atoms with Crippen LogP contribution < -0.4 is 4.74 Å². The van der Waals surface area contributed by atoms with Gasteiger partial charge in [0.2, 0.25) is 15.9 Å². The highest BCUT2D eigenvalue weighted by Crippen LogP contribution is 2.30. The summed E-state index contributed by atoms with van der Waals surface area (Å²) in [6, 6.07) is 7.51. The summed E-state index contributed by atoms with van der Waals surface area (Å²) in [7, 11) is -2.63. The van der Waals surface area contributed by atoms with E-state index in [4.69, 9.17) is 4.74 Å². The van der Waals surface area contributed by atoms with E-state index < -0.39 is 20.6 Å². The standard InChI is InChI=1S/C21H26N4O6S2/c1-3-8-23(15-17-5-4-13-32-17)21(26)16-22-9-11-24(12-10-22)33(29,30)18-6-7-20(31-2)19(14-18)25(27)28/h3-7,13-14H,1,8-12,15-16H2,2H3. The van der Waals surface area contributed by atoms with Gasteiger partial charge < -0.3 is 9.64 Å². The highest BCUT2D eigenvalue weighted by molar-refractivity contribution is 7.89. The highest BCUT2D eigenvalue weighted by Gasteiger charge is 2.31. The van der Waals surface area contributed by atoms with Gasteiger partial charge in [-0.25, -0.2) is 8.42 Å². The number of hydrogen-bond acceptors (Lipinski definition) is 8. The van der Waals surface area contributed by atoms with Crippen LogP contribution in [0.5, 0.6) is 5.75 Å². The van der Waals surface area contributed by atoms with Crippen LogP contribution in [0.2, 0.25) is 0 Å². The number of hydrogen-bond donors (Lipinski definition) is 0. The van der Waals surface area contributed by atoms with Gasteiger partial charge in [0.05, 0.1) is 30.0 Å². The van der Waals surface area contributed by atoms with Gasteiger partial charge >= 0.3 is 5.69 Å². The van der Waals surface area contributed by atoms with Crippen LogP contribution in [-0.4, -0.2) is 79.7 Å². The van der Waals surface area contributed by atoms with Crippen LogP contribution in [0.3, 0.4) is 0 Å². The van der Waals surface area contributed by atoms with E-state index in [0.29, 0.717) is 26.2 Å². The smallest absolute Gasteiger partial charge is 0.312 e. The molecule has 33 heavy (non-hydrogen) atoms. The second-order valence-corrected chi connectivity index (χ2v) is 10.4. The third-order valence-electron chi connectivity index (χ3n) is 5.30. The molecule has 0 saturated carbocycles. The SMILES string of the molecule is C=CCN(Cc1cccs1)C(=O)CN1CCN(S(=O)(=O)c2ccc(OC)c([N+](=O)[O-])c2)CC1. The van der Waals surface area contributed by atoms with Crippen LogP contribution in [0, 0.1) is 10.1 Å². The largest absolute Gasteiger partial charge is 0.490 e. The second kappa shape index (κ2) is 10.9. The maximum absolute atomic E-state index is 13.0. The van der Waals surface area contributed by atoms with E-state index >= 15 is 0 Å². The molecule has 0 N–H and O–H groups in total. The molecule has 178 valence electrons. The summed E-state index contributed by atoms with van der Waals surface area (Å²) in [5.41, 5.74) is -0.407. The lowest BCUT2D eigenvalue weighted by molar-refractivity contribution is -0.386. The maximum Gasteiger partial charge on any atom is 0.312 e. The molecule has 12 heteroatoms. The Morgan fingerprint density at radius 1 is 1.30 bits per heavy atom. The number of ether oxygens (including phenoxy) is 1. The van der Waals surface area contributed by atoms with Crippen molar-refractivity contribution in [2.45, 2.75) is 11.4 Å². The number of methoxy groups -OCH3 is 1. The predicted molar refractivity (Wildman–Crippen MR) is 125 cm³/mol. The molecule has 1 aromatic carbocycles. The number of amides is 1. The average Bonchev–Trinajstić information content (AvgIpc) is 3.32. The zero-order valence-corrected chi connectivity index (χ0v) is 19.9. The van der Waals surface area contributed by atoms with E-state index in [9.17, 15) is 23.3 Å². The molecule has 0 spiro atoms. The van der Waals surface area contributed by atoms with Gasteiger partial charge in [0.15, 0.2) is 5.75 Å². The van der Waals surface area contributed by atoms with Crippen molar-refractivity contribution in [1.82, 2.24) is 14.1 Å². The minimum atomic E-state index is -3.91.